The van der Waals surface area contributed by atoms with Gasteiger partial charge in [0.1, 0.15) is 12.6 Å². The third kappa shape index (κ3) is 4.71. The average molecular weight is 371 g/mol. The minimum atomic E-state index is -0.447. The fourth-order valence-corrected chi connectivity index (χ4v) is 3.66. The van der Waals surface area contributed by atoms with Gasteiger partial charge in [0.15, 0.2) is 11.5 Å². The maximum Gasteiger partial charge on any atom is 0.231 e. The second kappa shape index (κ2) is 8.61. The number of hydrogen-bond donors (Lipinski definition) is 2. The van der Waals surface area contributed by atoms with Gasteiger partial charge < -0.3 is 29.1 Å². The van der Waals surface area contributed by atoms with Crippen molar-refractivity contribution in [2.45, 2.75) is 12.7 Å². The first-order chi connectivity index (χ1) is 13.3. The maximum atomic E-state index is 10.3. The molecule has 2 aliphatic rings. The molecule has 0 radical (unpaired) electrons. The summed E-state index contributed by atoms with van der Waals surface area (Å²) in [7, 11) is 0. The highest BCUT2D eigenvalue weighted by Gasteiger charge is 2.22. The van der Waals surface area contributed by atoms with Gasteiger partial charge in [-0.1, -0.05) is 24.3 Å². The van der Waals surface area contributed by atoms with E-state index in [0.717, 1.165) is 49.8 Å². The minimum Gasteiger partial charge on any atom is -0.454 e. The molecule has 0 aromatic heterocycles. The van der Waals surface area contributed by atoms with E-state index in [2.05, 4.69) is 29.2 Å². The molecule has 4 rings (SSSR count). The molecule has 0 unspecified atom stereocenters. The Hall–Kier alpha value is -2.28. The van der Waals surface area contributed by atoms with Gasteiger partial charge in [-0.3, -0.25) is 0 Å². The summed E-state index contributed by atoms with van der Waals surface area (Å²) in [6, 6.07) is 16.3. The molecular weight excluding hydrogens is 344 g/mol. The third-order valence-corrected chi connectivity index (χ3v) is 5.13. The second-order valence-corrected chi connectivity index (χ2v) is 7.13. The van der Waals surface area contributed by atoms with E-state index in [1.54, 1.807) is 0 Å². The monoisotopic (exact) mass is 371 g/mol. The van der Waals surface area contributed by atoms with Crippen LogP contribution in [-0.4, -0.2) is 57.3 Å². The number of para-hydroxylation sites is 1. The summed E-state index contributed by atoms with van der Waals surface area (Å²) in [5.41, 5.74) is 2.31. The molecule has 0 amide bonds. The van der Waals surface area contributed by atoms with Gasteiger partial charge in [0, 0.05) is 5.69 Å². The van der Waals surface area contributed by atoms with Crippen LogP contribution >= 0.6 is 0 Å². The Kier molecular flexibility index (Phi) is 5.77. The molecule has 0 aliphatic carbocycles. The normalized spacial score (nSPS) is 17.9. The van der Waals surface area contributed by atoms with Gasteiger partial charge in [-0.05, 0) is 29.8 Å². The van der Waals surface area contributed by atoms with Crippen LogP contribution in [0.4, 0.5) is 5.69 Å². The highest BCUT2D eigenvalue weighted by atomic mass is 16.7. The lowest BCUT2D eigenvalue weighted by atomic mass is 10.2. The summed E-state index contributed by atoms with van der Waals surface area (Å²) in [5.74, 6) is 1.54. The molecule has 6 heteroatoms. The number of nitrogens with zero attached hydrogens (tertiary/aromatic N) is 1. The van der Waals surface area contributed by atoms with Gasteiger partial charge in [0.2, 0.25) is 6.79 Å². The van der Waals surface area contributed by atoms with Gasteiger partial charge in [-0.15, -0.1) is 0 Å². The van der Waals surface area contributed by atoms with Crippen LogP contribution in [0.15, 0.2) is 48.5 Å². The minimum absolute atomic E-state index is 0.276. The Labute approximate surface area is 159 Å². The van der Waals surface area contributed by atoms with Crippen LogP contribution in [0.2, 0.25) is 0 Å². The van der Waals surface area contributed by atoms with E-state index >= 15 is 0 Å². The number of hydrogen-bond acceptors (Lipinski definition) is 5. The summed E-state index contributed by atoms with van der Waals surface area (Å²) in [6.45, 7) is 5.92. The molecule has 2 aromatic rings. The van der Waals surface area contributed by atoms with Gasteiger partial charge in [0.25, 0.3) is 0 Å². The highest BCUT2D eigenvalue weighted by Crippen LogP contribution is 2.32. The number of rotatable bonds is 7. The van der Waals surface area contributed by atoms with Crippen molar-refractivity contribution >= 4 is 5.69 Å². The van der Waals surface area contributed by atoms with Crippen molar-refractivity contribution in [1.29, 1.82) is 0 Å². The Morgan fingerprint density at radius 3 is 2.63 bits per heavy atom. The Morgan fingerprint density at radius 2 is 1.81 bits per heavy atom. The second-order valence-electron chi connectivity index (χ2n) is 7.13. The number of fused-ring (bicyclic) bond motifs is 1. The zero-order valence-electron chi connectivity index (χ0n) is 15.5. The predicted molar refractivity (Wildman–Crippen MR) is 102 cm³/mol. The zero-order chi connectivity index (χ0) is 18.5. The molecule has 144 valence electrons. The van der Waals surface area contributed by atoms with E-state index in [9.17, 15) is 5.11 Å². The van der Waals surface area contributed by atoms with Crippen LogP contribution in [0, 0.1) is 0 Å². The average Bonchev–Trinajstić information content (AvgIpc) is 3.17. The largest absolute Gasteiger partial charge is 0.454 e. The van der Waals surface area contributed by atoms with E-state index in [1.165, 1.54) is 10.6 Å². The van der Waals surface area contributed by atoms with Gasteiger partial charge in [-0.2, -0.15) is 0 Å². The van der Waals surface area contributed by atoms with Crippen LogP contribution in [0.5, 0.6) is 11.5 Å². The first-order valence-corrected chi connectivity index (χ1v) is 9.56. The van der Waals surface area contributed by atoms with Crippen molar-refractivity contribution in [1.82, 2.24) is 0 Å². The molecule has 0 spiro atoms. The van der Waals surface area contributed by atoms with Crippen molar-refractivity contribution < 1.29 is 24.2 Å². The van der Waals surface area contributed by atoms with E-state index < -0.39 is 6.10 Å². The molecule has 0 saturated carbocycles. The highest BCUT2D eigenvalue weighted by molar-refractivity contribution is 5.46. The first-order valence-electron chi connectivity index (χ1n) is 9.56. The van der Waals surface area contributed by atoms with Crippen LogP contribution in [0.1, 0.15) is 5.56 Å². The lowest BCUT2D eigenvalue weighted by Gasteiger charge is -2.34. The number of anilines is 1. The molecule has 6 nitrogen and oxygen atoms in total. The fraction of sp³-hybridized carbons (Fsp3) is 0.429. The molecular formula is C21H27N2O4+. The summed E-state index contributed by atoms with van der Waals surface area (Å²) in [4.78, 5) is 3.84. The van der Waals surface area contributed by atoms with Crippen molar-refractivity contribution in [3.8, 4) is 11.5 Å². The Balaban J connectivity index is 1.16. The Morgan fingerprint density at radius 1 is 1.04 bits per heavy atom. The number of benzene rings is 2. The molecule has 1 saturated heterocycles. The smallest absolute Gasteiger partial charge is 0.231 e. The van der Waals surface area contributed by atoms with E-state index in [-0.39, 0.29) is 6.79 Å². The van der Waals surface area contributed by atoms with Gasteiger partial charge in [-0.25, -0.2) is 0 Å². The van der Waals surface area contributed by atoms with Crippen molar-refractivity contribution in [2.24, 2.45) is 0 Å². The van der Waals surface area contributed by atoms with Crippen molar-refractivity contribution in [3.05, 3.63) is 54.1 Å². The van der Waals surface area contributed by atoms with E-state index in [0.29, 0.717) is 13.2 Å². The standard InChI is InChI=1S/C21H26N2O4/c24-19(15-25-14-17-6-7-20-21(12-17)27-16-26-20)13-22-8-10-23(11-9-22)18-4-2-1-3-5-18/h1-7,12,19,24H,8-11,13-16H2/p+1/t19-/m0/s1. The molecule has 2 heterocycles. The molecule has 27 heavy (non-hydrogen) atoms. The van der Waals surface area contributed by atoms with Crippen LogP contribution in [-0.2, 0) is 11.3 Å². The molecule has 2 aliphatic heterocycles. The summed E-state index contributed by atoms with van der Waals surface area (Å²) < 4.78 is 16.4. The van der Waals surface area contributed by atoms with Crippen LogP contribution in [0.25, 0.3) is 0 Å². The topological polar surface area (TPSA) is 55.6 Å². The van der Waals surface area contributed by atoms with E-state index in [4.69, 9.17) is 14.2 Å². The van der Waals surface area contributed by atoms with Crippen molar-refractivity contribution in [2.75, 3.05) is 51.0 Å². The summed E-state index contributed by atoms with van der Waals surface area (Å²) >= 11 is 0. The lowest BCUT2D eigenvalue weighted by molar-refractivity contribution is -0.903. The predicted octanol–water partition coefficient (Wildman–Crippen LogP) is 0.698. The molecule has 2 N–H and O–H groups in total. The lowest BCUT2D eigenvalue weighted by Crippen LogP contribution is -3.16. The molecule has 2 aromatic carbocycles. The van der Waals surface area contributed by atoms with Crippen LogP contribution in [0.3, 0.4) is 0 Å². The molecule has 0 bridgehead atoms. The first kappa shape index (κ1) is 18.1. The van der Waals surface area contributed by atoms with Crippen LogP contribution < -0.4 is 19.3 Å². The maximum absolute atomic E-state index is 10.3. The zero-order valence-corrected chi connectivity index (χ0v) is 15.5. The van der Waals surface area contributed by atoms with Gasteiger partial charge in [0.05, 0.1) is 39.4 Å². The Bertz CT molecular complexity index is 732. The quantitative estimate of drug-likeness (QED) is 0.750. The SMILES string of the molecule is O[C@H](COCc1ccc2c(c1)OCO2)C[NH+]1CCN(c2ccccc2)CC1. The number of aliphatic hydroxyl groups excluding tert-OH is 1. The number of nitrogens with one attached hydrogen (secondary N) is 1. The molecule has 1 fully saturated rings. The van der Waals surface area contributed by atoms with Gasteiger partial charge >= 0.3 is 0 Å². The molecule has 1 atom stereocenters. The number of piperazine rings is 1. The fourth-order valence-electron chi connectivity index (χ4n) is 3.66. The number of aliphatic hydroxyl groups is 1. The third-order valence-electron chi connectivity index (χ3n) is 5.13. The van der Waals surface area contributed by atoms with E-state index in [1.807, 2.05) is 24.3 Å². The van der Waals surface area contributed by atoms with Crippen molar-refractivity contribution in [3.63, 3.8) is 0 Å². The summed E-state index contributed by atoms with van der Waals surface area (Å²) in [5, 5.41) is 10.3. The number of ether oxygens (including phenoxy) is 3. The number of quaternary nitrogens is 1. The summed E-state index contributed by atoms with van der Waals surface area (Å²) in [6.07, 6.45) is -0.447.